The summed E-state index contributed by atoms with van der Waals surface area (Å²) >= 11 is 0. The summed E-state index contributed by atoms with van der Waals surface area (Å²) in [5.74, 6) is 0.0934. The Bertz CT molecular complexity index is 848. The molecule has 1 heterocycles. The van der Waals surface area contributed by atoms with Crippen molar-refractivity contribution in [2.75, 3.05) is 13.1 Å². The van der Waals surface area contributed by atoms with Gasteiger partial charge in [0, 0.05) is 19.5 Å². The number of benzene rings is 1. The van der Waals surface area contributed by atoms with Gasteiger partial charge < -0.3 is 4.90 Å². The maximum Gasteiger partial charge on any atom is 0.417 e. The Kier molecular flexibility index (Phi) is 6.25. The highest BCUT2D eigenvalue weighted by molar-refractivity contribution is 5.93. The van der Waals surface area contributed by atoms with Crippen molar-refractivity contribution in [1.29, 1.82) is 5.26 Å². The Morgan fingerprint density at radius 2 is 1.86 bits per heavy atom. The minimum Gasteiger partial charge on any atom is -0.359 e. The first-order valence-electron chi connectivity index (χ1n) is 8.80. The molecule has 0 amide bonds. The van der Waals surface area contributed by atoms with E-state index in [0.717, 1.165) is 6.07 Å². The molecule has 5 nitrogen and oxygen atoms in total. The first-order chi connectivity index (χ1) is 13.4. The summed E-state index contributed by atoms with van der Waals surface area (Å²) < 4.78 is 78.9. The van der Waals surface area contributed by atoms with Gasteiger partial charge in [-0.1, -0.05) is 0 Å². The molecule has 1 aromatic rings. The van der Waals surface area contributed by atoms with E-state index < -0.39 is 41.5 Å². The summed E-state index contributed by atoms with van der Waals surface area (Å²) in [6.45, 7) is 5.64. The van der Waals surface area contributed by atoms with Crippen molar-refractivity contribution >= 4 is 11.5 Å². The van der Waals surface area contributed by atoms with Crippen LogP contribution in [0, 0.1) is 11.3 Å². The van der Waals surface area contributed by atoms with Crippen molar-refractivity contribution in [2.24, 2.45) is 15.2 Å². The molecule has 2 atom stereocenters. The Morgan fingerprint density at radius 3 is 2.31 bits per heavy atom. The van der Waals surface area contributed by atoms with Gasteiger partial charge in [0.2, 0.25) is 0 Å². The molecule has 0 aliphatic carbocycles. The van der Waals surface area contributed by atoms with Gasteiger partial charge in [-0.2, -0.15) is 41.8 Å². The minimum atomic E-state index is -4.77. The van der Waals surface area contributed by atoms with Crippen LogP contribution < -0.4 is 0 Å². The van der Waals surface area contributed by atoms with Crippen molar-refractivity contribution in [1.82, 2.24) is 4.90 Å². The molecule has 0 saturated carbocycles. The maximum absolute atomic E-state index is 13.2. The van der Waals surface area contributed by atoms with Crippen LogP contribution >= 0.6 is 0 Å². The fraction of sp³-hybridized carbons (Fsp3) is 0.556. The highest BCUT2D eigenvalue weighted by Crippen LogP contribution is 2.39. The molecule has 0 aromatic heterocycles. The third kappa shape index (κ3) is 4.86. The SMILES string of the molecule is CCN(CC)C(=Nc1ccc(C#N)c(C(F)(F)F)c1)C1(C)CC(C(F)(F)F)N=N1. The predicted octanol–water partition coefficient (Wildman–Crippen LogP) is 5.49. The number of hydrogen-bond acceptors (Lipinski definition) is 4. The third-order valence-electron chi connectivity index (χ3n) is 4.60. The molecule has 0 spiro atoms. The van der Waals surface area contributed by atoms with Crippen LogP contribution in [0.2, 0.25) is 0 Å². The lowest BCUT2D eigenvalue weighted by molar-refractivity contribution is -0.147. The minimum absolute atomic E-state index is 0.0934. The molecule has 158 valence electrons. The van der Waals surface area contributed by atoms with E-state index in [9.17, 15) is 26.3 Å². The first kappa shape index (κ1) is 22.6. The molecular formula is C18H19F6N5. The van der Waals surface area contributed by atoms with Gasteiger partial charge in [0.25, 0.3) is 0 Å². The molecule has 0 radical (unpaired) electrons. The average molecular weight is 419 g/mol. The largest absolute Gasteiger partial charge is 0.417 e. The Hall–Kier alpha value is -2.64. The summed E-state index contributed by atoms with van der Waals surface area (Å²) in [5, 5.41) is 16.0. The zero-order chi connectivity index (χ0) is 22.0. The average Bonchev–Trinajstić information content (AvgIpc) is 3.04. The Morgan fingerprint density at radius 1 is 1.24 bits per heavy atom. The standard InChI is InChI=1S/C18H19F6N5/c1-4-29(5-2)15(16(3)9-14(27-28-16)18(22,23)24)26-12-7-6-11(10-25)13(8-12)17(19,20)21/h6-8,14H,4-5,9H2,1-3H3. The number of hydrogen-bond donors (Lipinski definition) is 0. The van der Waals surface area contributed by atoms with E-state index in [1.165, 1.54) is 19.1 Å². The topological polar surface area (TPSA) is 64.1 Å². The summed E-state index contributed by atoms with van der Waals surface area (Å²) in [6, 6.07) is 2.38. The van der Waals surface area contributed by atoms with E-state index in [0.29, 0.717) is 19.2 Å². The molecule has 0 N–H and O–H groups in total. The van der Waals surface area contributed by atoms with Gasteiger partial charge in [-0.15, -0.1) is 0 Å². The number of nitrogens with zero attached hydrogens (tertiary/aromatic N) is 5. The van der Waals surface area contributed by atoms with Crippen molar-refractivity contribution in [3.8, 4) is 6.07 Å². The van der Waals surface area contributed by atoms with Crippen molar-refractivity contribution in [2.45, 2.75) is 51.1 Å². The maximum atomic E-state index is 13.2. The molecule has 2 unspecified atom stereocenters. The first-order valence-corrected chi connectivity index (χ1v) is 8.80. The van der Waals surface area contributed by atoms with E-state index >= 15 is 0 Å². The fourth-order valence-corrected chi connectivity index (χ4v) is 3.08. The summed E-state index contributed by atoms with van der Waals surface area (Å²) in [6.07, 6.45) is -9.84. The number of nitriles is 1. The molecule has 0 bridgehead atoms. The second kappa shape index (κ2) is 8.00. The van der Waals surface area contributed by atoms with E-state index in [-0.39, 0.29) is 11.5 Å². The van der Waals surface area contributed by atoms with Crippen LogP contribution in [-0.2, 0) is 6.18 Å². The lowest BCUT2D eigenvalue weighted by Gasteiger charge is -2.32. The Balaban J connectivity index is 2.57. The molecular weight excluding hydrogens is 400 g/mol. The van der Waals surface area contributed by atoms with Crippen molar-refractivity contribution < 1.29 is 26.3 Å². The van der Waals surface area contributed by atoms with Gasteiger partial charge in [0.1, 0.15) is 11.4 Å². The van der Waals surface area contributed by atoms with Gasteiger partial charge in [-0.05, 0) is 39.0 Å². The smallest absolute Gasteiger partial charge is 0.359 e. The highest BCUT2D eigenvalue weighted by atomic mass is 19.4. The molecule has 0 fully saturated rings. The summed E-state index contributed by atoms with van der Waals surface area (Å²) in [7, 11) is 0. The number of rotatable bonds is 4. The monoisotopic (exact) mass is 419 g/mol. The van der Waals surface area contributed by atoms with E-state index in [1.54, 1.807) is 18.7 Å². The molecule has 1 aromatic carbocycles. The number of likely N-dealkylation sites (N-methyl/N-ethyl adjacent to an activating group) is 1. The van der Waals surface area contributed by atoms with Gasteiger partial charge >= 0.3 is 12.4 Å². The lowest BCUT2D eigenvalue weighted by atomic mass is 9.93. The second-order valence-electron chi connectivity index (χ2n) is 6.70. The van der Waals surface area contributed by atoms with Crippen molar-refractivity contribution in [3.63, 3.8) is 0 Å². The van der Waals surface area contributed by atoms with E-state index in [4.69, 9.17) is 5.26 Å². The zero-order valence-electron chi connectivity index (χ0n) is 15.9. The lowest BCUT2D eigenvalue weighted by Crippen LogP contribution is -2.46. The second-order valence-corrected chi connectivity index (χ2v) is 6.70. The van der Waals surface area contributed by atoms with Gasteiger partial charge in [0.05, 0.1) is 22.9 Å². The highest BCUT2D eigenvalue weighted by Gasteiger charge is 2.51. The molecule has 1 aliphatic heterocycles. The molecule has 11 heteroatoms. The molecule has 2 rings (SSSR count). The Labute approximate surface area is 163 Å². The van der Waals surface area contributed by atoms with Crippen LogP contribution in [0.1, 0.15) is 38.3 Å². The van der Waals surface area contributed by atoms with E-state index in [2.05, 4.69) is 15.2 Å². The normalized spacial score (nSPS) is 22.6. The van der Waals surface area contributed by atoms with Crippen LogP contribution in [-0.4, -0.2) is 41.6 Å². The van der Waals surface area contributed by atoms with Crippen molar-refractivity contribution in [3.05, 3.63) is 29.3 Å². The van der Waals surface area contributed by atoms with Gasteiger partial charge in [-0.25, -0.2) is 4.99 Å². The molecule has 29 heavy (non-hydrogen) atoms. The van der Waals surface area contributed by atoms with Crippen LogP contribution in [0.15, 0.2) is 33.4 Å². The number of alkyl halides is 6. The molecule has 0 saturated heterocycles. The summed E-state index contributed by atoms with van der Waals surface area (Å²) in [5.41, 5.74) is -3.31. The molecule has 1 aliphatic rings. The number of azo groups is 1. The fourth-order valence-electron chi connectivity index (χ4n) is 3.08. The number of aliphatic imine (C=N–C) groups is 1. The zero-order valence-corrected chi connectivity index (χ0v) is 15.9. The van der Waals surface area contributed by atoms with E-state index in [1.807, 2.05) is 0 Å². The van der Waals surface area contributed by atoms with Gasteiger partial charge in [0.15, 0.2) is 6.04 Å². The van der Waals surface area contributed by atoms with Crippen LogP contribution in [0.25, 0.3) is 0 Å². The predicted molar refractivity (Wildman–Crippen MR) is 93.9 cm³/mol. The quantitative estimate of drug-likeness (QED) is 0.368. The van der Waals surface area contributed by atoms with Crippen LogP contribution in [0.4, 0.5) is 32.0 Å². The van der Waals surface area contributed by atoms with Crippen LogP contribution in [0.5, 0.6) is 0 Å². The van der Waals surface area contributed by atoms with Crippen LogP contribution in [0.3, 0.4) is 0 Å². The number of amidine groups is 1. The van der Waals surface area contributed by atoms with Gasteiger partial charge in [-0.3, -0.25) is 0 Å². The third-order valence-corrected chi connectivity index (χ3v) is 4.60. The number of halogens is 6. The summed E-state index contributed by atoms with van der Waals surface area (Å²) in [4.78, 5) is 5.86.